The third-order valence-electron chi connectivity index (χ3n) is 3.79. The van der Waals surface area contributed by atoms with Gasteiger partial charge in [0.15, 0.2) is 0 Å². The van der Waals surface area contributed by atoms with Crippen molar-refractivity contribution in [2.24, 2.45) is 0 Å². The number of hydrogen-bond donors (Lipinski definition) is 2. The van der Waals surface area contributed by atoms with Crippen molar-refractivity contribution in [3.8, 4) is 0 Å². The average Bonchev–Trinajstić information content (AvgIpc) is 2.32. The highest BCUT2D eigenvalue weighted by molar-refractivity contribution is 5.51. The van der Waals surface area contributed by atoms with E-state index in [2.05, 4.69) is 15.6 Å². The number of pyridine rings is 1. The quantitative estimate of drug-likeness (QED) is 0.874. The Morgan fingerprint density at radius 2 is 1.89 bits per heavy atom. The molecule has 3 nitrogen and oxygen atoms in total. The largest absolute Gasteiger partial charge is 0.416 e. The monoisotopic (exact) mass is 273 g/mol. The highest BCUT2D eigenvalue weighted by Crippen LogP contribution is 2.39. The van der Waals surface area contributed by atoms with Gasteiger partial charge in [-0.25, -0.2) is 4.98 Å². The van der Waals surface area contributed by atoms with Crippen LogP contribution in [0.25, 0.3) is 0 Å². The molecule has 0 saturated heterocycles. The molecule has 1 heterocycles. The number of rotatable bonds is 4. The summed E-state index contributed by atoms with van der Waals surface area (Å²) < 4.78 is 38.4. The van der Waals surface area contributed by atoms with Crippen LogP contribution in [-0.4, -0.2) is 17.6 Å². The van der Waals surface area contributed by atoms with Crippen molar-refractivity contribution in [1.29, 1.82) is 0 Å². The van der Waals surface area contributed by atoms with E-state index >= 15 is 0 Å². The van der Waals surface area contributed by atoms with Gasteiger partial charge in [-0.05, 0) is 37.8 Å². The van der Waals surface area contributed by atoms with Crippen LogP contribution in [-0.2, 0) is 6.18 Å². The normalized spacial score (nSPS) is 17.7. The van der Waals surface area contributed by atoms with Gasteiger partial charge in [-0.15, -0.1) is 0 Å². The molecule has 0 radical (unpaired) electrons. The van der Waals surface area contributed by atoms with Crippen LogP contribution < -0.4 is 10.6 Å². The van der Waals surface area contributed by atoms with E-state index in [1.807, 2.05) is 6.92 Å². The fourth-order valence-electron chi connectivity index (χ4n) is 2.33. The zero-order valence-electron chi connectivity index (χ0n) is 11.1. The first-order valence-electron chi connectivity index (χ1n) is 6.44. The van der Waals surface area contributed by atoms with Crippen LogP contribution in [0.4, 0.5) is 24.8 Å². The van der Waals surface area contributed by atoms with Crippen molar-refractivity contribution in [1.82, 2.24) is 4.98 Å². The molecule has 1 aliphatic carbocycles. The minimum absolute atomic E-state index is 0.0811. The van der Waals surface area contributed by atoms with Gasteiger partial charge in [-0.2, -0.15) is 13.2 Å². The summed E-state index contributed by atoms with van der Waals surface area (Å²) in [5.41, 5.74) is -0.762. The maximum absolute atomic E-state index is 12.8. The number of anilines is 2. The van der Waals surface area contributed by atoms with Crippen molar-refractivity contribution < 1.29 is 13.2 Å². The van der Waals surface area contributed by atoms with Crippen molar-refractivity contribution in [3.63, 3.8) is 0 Å². The summed E-state index contributed by atoms with van der Waals surface area (Å²) >= 11 is 0. The van der Waals surface area contributed by atoms with Gasteiger partial charge in [-0.1, -0.05) is 6.92 Å². The van der Waals surface area contributed by atoms with Gasteiger partial charge in [0, 0.05) is 12.6 Å². The van der Waals surface area contributed by atoms with Gasteiger partial charge in [-0.3, -0.25) is 0 Å². The Morgan fingerprint density at radius 3 is 2.32 bits per heavy atom. The molecule has 1 fully saturated rings. The Morgan fingerprint density at radius 1 is 1.26 bits per heavy atom. The molecule has 6 heteroatoms. The standard InChI is InChI=1S/C13H18F3N3/c1-3-12(5-4-6-12)19-11-8-9(13(14,15)16)7-10(17-2)18-11/h7-8H,3-6H2,1-2H3,(H2,17,18,19). The number of halogens is 3. The van der Waals surface area contributed by atoms with Crippen LogP contribution >= 0.6 is 0 Å². The Hall–Kier alpha value is -1.46. The second-order valence-corrected chi connectivity index (χ2v) is 4.99. The van der Waals surface area contributed by atoms with E-state index in [1.54, 1.807) is 7.05 Å². The van der Waals surface area contributed by atoms with Crippen molar-refractivity contribution in [2.75, 3.05) is 17.7 Å². The predicted molar refractivity (Wildman–Crippen MR) is 69.3 cm³/mol. The molecule has 2 rings (SSSR count). The second-order valence-electron chi connectivity index (χ2n) is 4.99. The van der Waals surface area contributed by atoms with E-state index in [4.69, 9.17) is 0 Å². The number of aromatic nitrogens is 1. The molecule has 0 amide bonds. The van der Waals surface area contributed by atoms with Crippen molar-refractivity contribution in [2.45, 2.75) is 44.3 Å². The van der Waals surface area contributed by atoms with Crippen LogP contribution in [0.1, 0.15) is 38.2 Å². The Balaban J connectivity index is 2.29. The van der Waals surface area contributed by atoms with Gasteiger partial charge >= 0.3 is 6.18 Å². The average molecular weight is 273 g/mol. The summed E-state index contributed by atoms with van der Waals surface area (Å²) in [5, 5.41) is 5.85. The summed E-state index contributed by atoms with van der Waals surface area (Å²) in [6.45, 7) is 2.04. The topological polar surface area (TPSA) is 37.0 Å². The molecular formula is C13H18F3N3. The number of nitrogens with zero attached hydrogens (tertiary/aromatic N) is 1. The number of nitrogens with one attached hydrogen (secondary N) is 2. The van der Waals surface area contributed by atoms with Gasteiger partial charge < -0.3 is 10.6 Å². The smallest absolute Gasteiger partial charge is 0.373 e. The lowest BCUT2D eigenvalue weighted by Crippen LogP contribution is -2.44. The lowest BCUT2D eigenvalue weighted by atomic mass is 9.75. The molecule has 0 atom stereocenters. The number of hydrogen-bond acceptors (Lipinski definition) is 3. The summed E-state index contributed by atoms with van der Waals surface area (Å²) in [5.74, 6) is 0.517. The number of alkyl halides is 3. The Bertz CT molecular complexity index is 447. The zero-order chi connectivity index (χ0) is 14.1. The molecule has 0 bridgehead atoms. The van der Waals surface area contributed by atoms with Crippen LogP contribution in [0.3, 0.4) is 0 Å². The Labute approximate surface area is 110 Å². The van der Waals surface area contributed by atoms with E-state index in [0.717, 1.165) is 37.8 Å². The molecule has 0 aromatic carbocycles. The minimum Gasteiger partial charge on any atom is -0.373 e. The highest BCUT2D eigenvalue weighted by Gasteiger charge is 2.36. The molecular weight excluding hydrogens is 255 g/mol. The molecule has 2 N–H and O–H groups in total. The summed E-state index contributed by atoms with van der Waals surface area (Å²) in [6, 6.07) is 2.10. The van der Waals surface area contributed by atoms with Crippen LogP contribution in [0.2, 0.25) is 0 Å². The molecule has 106 valence electrons. The third-order valence-corrected chi connectivity index (χ3v) is 3.79. The maximum Gasteiger partial charge on any atom is 0.416 e. The van der Waals surface area contributed by atoms with Gasteiger partial charge in [0.1, 0.15) is 11.6 Å². The zero-order valence-corrected chi connectivity index (χ0v) is 11.1. The van der Waals surface area contributed by atoms with E-state index in [-0.39, 0.29) is 11.4 Å². The molecule has 1 aliphatic rings. The van der Waals surface area contributed by atoms with Gasteiger partial charge in [0.25, 0.3) is 0 Å². The maximum atomic E-state index is 12.8. The van der Waals surface area contributed by atoms with Crippen molar-refractivity contribution >= 4 is 11.6 Å². The molecule has 0 aliphatic heterocycles. The minimum atomic E-state index is -4.36. The first-order chi connectivity index (χ1) is 8.88. The fourth-order valence-corrected chi connectivity index (χ4v) is 2.33. The van der Waals surface area contributed by atoms with Crippen LogP contribution in [0.15, 0.2) is 12.1 Å². The molecule has 19 heavy (non-hydrogen) atoms. The molecule has 1 aromatic rings. The highest BCUT2D eigenvalue weighted by atomic mass is 19.4. The van der Waals surface area contributed by atoms with E-state index < -0.39 is 11.7 Å². The fraction of sp³-hybridized carbons (Fsp3) is 0.615. The second kappa shape index (κ2) is 4.90. The predicted octanol–water partition coefficient (Wildman–Crippen LogP) is 3.89. The SMILES string of the molecule is CCC1(Nc2cc(C(F)(F)F)cc(NC)n2)CCC1. The lowest BCUT2D eigenvalue weighted by Gasteiger charge is -2.42. The summed E-state index contributed by atoms with van der Waals surface area (Å²) in [6.07, 6.45) is -0.394. The Kier molecular flexibility index (Phi) is 3.60. The van der Waals surface area contributed by atoms with Crippen LogP contribution in [0, 0.1) is 0 Å². The summed E-state index contributed by atoms with van der Waals surface area (Å²) in [4.78, 5) is 4.16. The van der Waals surface area contributed by atoms with Gasteiger partial charge in [0.05, 0.1) is 5.56 Å². The summed E-state index contributed by atoms with van der Waals surface area (Å²) in [7, 11) is 1.56. The first kappa shape index (κ1) is 14.0. The first-order valence-corrected chi connectivity index (χ1v) is 6.44. The van der Waals surface area contributed by atoms with Gasteiger partial charge in [0.2, 0.25) is 0 Å². The van der Waals surface area contributed by atoms with E-state index in [1.165, 1.54) is 0 Å². The molecule has 1 aromatic heterocycles. The lowest BCUT2D eigenvalue weighted by molar-refractivity contribution is -0.137. The molecule has 0 spiro atoms. The van der Waals surface area contributed by atoms with E-state index in [0.29, 0.717) is 5.82 Å². The van der Waals surface area contributed by atoms with Crippen LogP contribution in [0.5, 0.6) is 0 Å². The molecule has 0 unspecified atom stereocenters. The third kappa shape index (κ3) is 2.93. The van der Waals surface area contributed by atoms with Crippen molar-refractivity contribution in [3.05, 3.63) is 17.7 Å². The molecule has 1 saturated carbocycles. The van der Waals surface area contributed by atoms with E-state index in [9.17, 15) is 13.2 Å².